The minimum Gasteiger partial charge on any atom is -0.375 e. The Labute approximate surface area is 115 Å². The zero-order valence-electron chi connectivity index (χ0n) is 12.3. The Kier molecular flexibility index (Phi) is 4.38. The van der Waals surface area contributed by atoms with E-state index in [1.54, 1.807) is 0 Å². The molecule has 0 aromatic heterocycles. The van der Waals surface area contributed by atoms with E-state index in [1.807, 2.05) is 13.8 Å². The second-order valence-electron chi connectivity index (χ2n) is 5.46. The number of morpholine rings is 1. The summed E-state index contributed by atoms with van der Waals surface area (Å²) in [5.41, 5.74) is 5.49. The standard InChI is InChI=1S/C16H23NO2/c1-10-7-11(2)13(4)16(12(10)3)15(18)8-14-9-17-5-6-19-14/h7,14,17H,5-6,8-9H2,1-4H3. The van der Waals surface area contributed by atoms with Crippen molar-refractivity contribution in [2.45, 2.75) is 40.2 Å². The fourth-order valence-electron chi connectivity index (χ4n) is 2.69. The third-order valence-electron chi connectivity index (χ3n) is 4.06. The van der Waals surface area contributed by atoms with E-state index in [2.05, 4.69) is 25.2 Å². The van der Waals surface area contributed by atoms with Crippen molar-refractivity contribution >= 4 is 5.78 Å². The average Bonchev–Trinajstić information content (AvgIpc) is 2.38. The molecule has 1 aromatic carbocycles. The molecule has 1 aliphatic heterocycles. The van der Waals surface area contributed by atoms with E-state index in [0.717, 1.165) is 29.8 Å². The summed E-state index contributed by atoms with van der Waals surface area (Å²) in [5.74, 6) is 0.204. The van der Waals surface area contributed by atoms with Crippen molar-refractivity contribution in [3.63, 3.8) is 0 Å². The first-order chi connectivity index (χ1) is 9.00. The number of carbonyl (C=O) groups excluding carboxylic acids is 1. The average molecular weight is 261 g/mol. The lowest BCUT2D eigenvalue weighted by atomic mass is 9.90. The SMILES string of the molecule is Cc1cc(C)c(C)c(C(=O)CC2CNCCO2)c1C. The van der Waals surface area contributed by atoms with E-state index in [-0.39, 0.29) is 11.9 Å². The quantitative estimate of drug-likeness (QED) is 0.850. The van der Waals surface area contributed by atoms with Gasteiger partial charge in [0.2, 0.25) is 0 Å². The lowest BCUT2D eigenvalue weighted by molar-refractivity contribution is 0.0240. The van der Waals surface area contributed by atoms with Crippen LogP contribution in [0.3, 0.4) is 0 Å². The number of carbonyl (C=O) groups is 1. The van der Waals surface area contributed by atoms with Gasteiger partial charge in [0.15, 0.2) is 5.78 Å². The minimum absolute atomic E-state index is 0.0147. The van der Waals surface area contributed by atoms with Crippen LogP contribution in [0.25, 0.3) is 0 Å². The molecule has 0 spiro atoms. The van der Waals surface area contributed by atoms with Crippen LogP contribution in [0.5, 0.6) is 0 Å². The first kappa shape index (κ1) is 14.2. The molecule has 1 atom stereocenters. The van der Waals surface area contributed by atoms with Crippen LogP contribution in [0, 0.1) is 27.7 Å². The predicted octanol–water partition coefficient (Wildman–Crippen LogP) is 2.48. The molecule has 0 amide bonds. The molecule has 104 valence electrons. The first-order valence-electron chi connectivity index (χ1n) is 6.93. The molecule has 1 unspecified atom stereocenters. The number of ketones is 1. The van der Waals surface area contributed by atoms with Crippen molar-refractivity contribution in [1.82, 2.24) is 5.32 Å². The summed E-state index contributed by atoms with van der Waals surface area (Å²) >= 11 is 0. The normalized spacial score (nSPS) is 19.5. The first-order valence-corrected chi connectivity index (χ1v) is 6.93. The van der Waals surface area contributed by atoms with E-state index in [1.165, 1.54) is 11.1 Å². The van der Waals surface area contributed by atoms with Crippen LogP contribution in [0.15, 0.2) is 6.07 Å². The van der Waals surface area contributed by atoms with Crippen molar-refractivity contribution in [3.8, 4) is 0 Å². The summed E-state index contributed by atoms with van der Waals surface area (Å²) in [6.07, 6.45) is 0.485. The maximum atomic E-state index is 12.6. The summed E-state index contributed by atoms with van der Waals surface area (Å²) in [7, 11) is 0. The number of benzene rings is 1. The zero-order chi connectivity index (χ0) is 14.0. The third-order valence-corrected chi connectivity index (χ3v) is 4.06. The molecule has 0 bridgehead atoms. The highest BCUT2D eigenvalue weighted by Gasteiger charge is 2.21. The van der Waals surface area contributed by atoms with E-state index < -0.39 is 0 Å². The number of hydrogen-bond donors (Lipinski definition) is 1. The van der Waals surface area contributed by atoms with E-state index in [0.29, 0.717) is 13.0 Å². The highest BCUT2D eigenvalue weighted by Crippen LogP contribution is 2.23. The van der Waals surface area contributed by atoms with Gasteiger partial charge in [-0.3, -0.25) is 4.79 Å². The Morgan fingerprint density at radius 3 is 2.42 bits per heavy atom. The van der Waals surface area contributed by atoms with Crippen LogP contribution in [-0.2, 0) is 4.74 Å². The van der Waals surface area contributed by atoms with Crippen molar-refractivity contribution in [2.75, 3.05) is 19.7 Å². The zero-order valence-corrected chi connectivity index (χ0v) is 12.3. The minimum atomic E-state index is 0.0147. The molecule has 1 aliphatic rings. The van der Waals surface area contributed by atoms with Crippen LogP contribution in [0.1, 0.15) is 39.0 Å². The Morgan fingerprint density at radius 1 is 1.26 bits per heavy atom. The van der Waals surface area contributed by atoms with Crippen LogP contribution in [0.4, 0.5) is 0 Å². The van der Waals surface area contributed by atoms with Gasteiger partial charge in [-0.2, -0.15) is 0 Å². The molecule has 2 rings (SSSR count). The van der Waals surface area contributed by atoms with Crippen LogP contribution < -0.4 is 5.32 Å². The van der Waals surface area contributed by atoms with Crippen molar-refractivity contribution in [3.05, 3.63) is 33.9 Å². The van der Waals surface area contributed by atoms with E-state index in [9.17, 15) is 4.79 Å². The number of hydrogen-bond acceptors (Lipinski definition) is 3. The van der Waals surface area contributed by atoms with Gasteiger partial charge in [0, 0.05) is 25.1 Å². The predicted molar refractivity (Wildman–Crippen MR) is 76.9 cm³/mol. The van der Waals surface area contributed by atoms with Gasteiger partial charge in [-0.25, -0.2) is 0 Å². The summed E-state index contributed by atoms with van der Waals surface area (Å²) in [4.78, 5) is 12.6. The fraction of sp³-hybridized carbons (Fsp3) is 0.562. The Bertz CT molecular complexity index is 462. The number of aryl methyl sites for hydroxylation is 2. The molecule has 1 aromatic rings. The lowest BCUT2D eigenvalue weighted by Gasteiger charge is -2.24. The van der Waals surface area contributed by atoms with Crippen LogP contribution in [-0.4, -0.2) is 31.6 Å². The van der Waals surface area contributed by atoms with Gasteiger partial charge in [-0.1, -0.05) is 6.07 Å². The van der Waals surface area contributed by atoms with Gasteiger partial charge in [0.25, 0.3) is 0 Å². The highest BCUT2D eigenvalue weighted by atomic mass is 16.5. The van der Waals surface area contributed by atoms with Gasteiger partial charge in [0.1, 0.15) is 0 Å². The molecule has 1 saturated heterocycles. The summed E-state index contributed by atoms with van der Waals surface area (Å²) in [6, 6.07) is 2.15. The molecule has 1 heterocycles. The summed E-state index contributed by atoms with van der Waals surface area (Å²) in [5, 5.41) is 3.27. The molecule has 0 saturated carbocycles. The van der Waals surface area contributed by atoms with Gasteiger partial charge < -0.3 is 10.1 Å². The summed E-state index contributed by atoms with van der Waals surface area (Å²) < 4.78 is 5.63. The van der Waals surface area contributed by atoms with Crippen molar-refractivity contribution in [1.29, 1.82) is 0 Å². The molecular weight excluding hydrogens is 238 g/mol. The second-order valence-corrected chi connectivity index (χ2v) is 5.46. The number of nitrogens with one attached hydrogen (secondary N) is 1. The van der Waals surface area contributed by atoms with Gasteiger partial charge in [-0.05, 0) is 49.9 Å². The topological polar surface area (TPSA) is 38.3 Å². The van der Waals surface area contributed by atoms with Gasteiger partial charge in [-0.15, -0.1) is 0 Å². The highest BCUT2D eigenvalue weighted by molar-refractivity contribution is 5.99. The molecule has 0 radical (unpaired) electrons. The van der Waals surface area contributed by atoms with Crippen LogP contribution >= 0.6 is 0 Å². The molecule has 3 heteroatoms. The Balaban J connectivity index is 2.23. The Hall–Kier alpha value is -1.19. The van der Waals surface area contributed by atoms with Crippen molar-refractivity contribution in [2.24, 2.45) is 0 Å². The monoisotopic (exact) mass is 261 g/mol. The molecule has 1 N–H and O–H groups in total. The maximum absolute atomic E-state index is 12.6. The smallest absolute Gasteiger partial charge is 0.166 e. The molecule has 1 fully saturated rings. The Morgan fingerprint density at radius 2 is 1.89 bits per heavy atom. The molecular formula is C16H23NO2. The molecule has 0 aliphatic carbocycles. The van der Waals surface area contributed by atoms with Crippen molar-refractivity contribution < 1.29 is 9.53 Å². The van der Waals surface area contributed by atoms with E-state index >= 15 is 0 Å². The lowest BCUT2D eigenvalue weighted by Crippen LogP contribution is -2.39. The van der Waals surface area contributed by atoms with Crippen LogP contribution in [0.2, 0.25) is 0 Å². The molecule has 3 nitrogen and oxygen atoms in total. The fourth-order valence-corrected chi connectivity index (χ4v) is 2.69. The summed E-state index contributed by atoms with van der Waals surface area (Å²) in [6.45, 7) is 10.6. The second kappa shape index (κ2) is 5.85. The van der Waals surface area contributed by atoms with Gasteiger partial charge in [0.05, 0.1) is 12.7 Å². The van der Waals surface area contributed by atoms with Gasteiger partial charge >= 0.3 is 0 Å². The number of Topliss-reactive ketones (excluding diaryl/α,β-unsaturated/α-hetero) is 1. The number of ether oxygens (including phenoxy) is 1. The number of rotatable bonds is 3. The maximum Gasteiger partial charge on any atom is 0.166 e. The largest absolute Gasteiger partial charge is 0.375 e. The third kappa shape index (κ3) is 3.04. The van der Waals surface area contributed by atoms with E-state index in [4.69, 9.17) is 4.74 Å². The molecule has 19 heavy (non-hydrogen) atoms.